The molecule has 0 radical (unpaired) electrons. The second-order valence-electron chi connectivity index (χ2n) is 18.6. The lowest BCUT2D eigenvalue weighted by atomic mass is 9.90. The van der Waals surface area contributed by atoms with E-state index in [0.717, 1.165) is 57.7 Å². The summed E-state index contributed by atoms with van der Waals surface area (Å²) in [6, 6.07) is 16.9. The van der Waals surface area contributed by atoms with Crippen LogP contribution in [0.1, 0.15) is 106 Å². The van der Waals surface area contributed by atoms with Gasteiger partial charge in [0.2, 0.25) is 0 Å². The quantitative estimate of drug-likeness (QED) is 0.184. The number of fused-ring (bicyclic) bond motifs is 3. The van der Waals surface area contributed by atoms with Crippen LogP contribution in [-0.2, 0) is 9.47 Å². The van der Waals surface area contributed by atoms with Gasteiger partial charge in [0, 0.05) is 32.2 Å². The summed E-state index contributed by atoms with van der Waals surface area (Å²) in [5.74, 6) is 1.59. The fraction of sp³-hybridized carbons (Fsp3) is 0.476. The fourth-order valence-corrected chi connectivity index (χ4v) is 10.2. The van der Waals surface area contributed by atoms with E-state index < -0.39 is 11.2 Å². The number of nitrogens with one attached hydrogen (secondary N) is 2. The first-order valence-corrected chi connectivity index (χ1v) is 20.4. The Bertz CT molecular complexity index is 2220. The van der Waals surface area contributed by atoms with Gasteiger partial charge in [0.1, 0.15) is 22.9 Å². The molecule has 6 aromatic rings. The maximum Gasteiger partial charge on any atom is 0.410 e. The SMILES string of the molecule is CC1(C)C[C@@H](c2nc3ccc(-c4cc5sc(-c6ccc7nc([C@@H]8CC(C)(C)CN8C(=O)OC(C)(C)C)[nH]c7c6)cc5s4)cc3[nH]2)N(C(=O)OC(C)(C)C)C1. The minimum Gasteiger partial charge on any atom is -0.444 e. The molecule has 0 aliphatic carbocycles. The zero-order valence-electron chi connectivity index (χ0n) is 32.8. The van der Waals surface area contributed by atoms with Crippen LogP contribution in [0.5, 0.6) is 0 Å². The first-order valence-electron chi connectivity index (χ1n) is 18.7. The van der Waals surface area contributed by atoms with E-state index in [1.807, 2.05) is 51.3 Å². The fourth-order valence-electron chi connectivity index (χ4n) is 7.85. The number of aromatic amines is 2. The zero-order valence-corrected chi connectivity index (χ0v) is 34.5. The summed E-state index contributed by atoms with van der Waals surface area (Å²) in [7, 11) is 0. The number of aromatic nitrogens is 4. The molecule has 2 aliphatic rings. The van der Waals surface area contributed by atoms with Crippen molar-refractivity contribution >= 4 is 66.3 Å². The molecule has 2 saturated heterocycles. The van der Waals surface area contributed by atoms with Gasteiger partial charge in [-0.3, -0.25) is 9.80 Å². The normalized spacial score (nSPS) is 20.1. The molecule has 2 N–H and O–H groups in total. The smallest absolute Gasteiger partial charge is 0.410 e. The minimum absolute atomic E-state index is 0.0433. The maximum absolute atomic E-state index is 13.2. The molecule has 8 rings (SSSR count). The molecule has 284 valence electrons. The second kappa shape index (κ2) is 12.6. The number of rotatable bonds is 4. The van der Waals surface area contributed by atoms with Crippen molar-refractivity contribution in [2.45, 2.75) is 105 Å². The lowest BCUT2D eigenvalue weighted by molar-refractivity contribution is 0.0197. The van der Waals surface area contributed by atoms with Crippen LogP contribution in [0.25, 0.3) is 52.3 Å². The van der Waals surface area contributed by atoms with Crippen molar-refractivity contribution in [3.63, 3.8) is 0 Å². The van der Waals surface area contributed by atoms with E-state index in [-0.39, 0.29) is 35.1 Å². The van der Waals surface area contributed by atoms with Crippen molar-refractivity contribution in [1.29, 1.82) is 0 Å². The number of imidazole rings is 2. The number of hydrogen-bond acceptors (Lipinski definition) is 8. The second-order valence-corrected chi connectivity index (χ2v) is 20.8. The molecule has 2 amide bonds. The van der Waals surface area contributed by atoms with Gasteiger partial charge in [0.05, 0.1) is 34.2 Å². The Morgan fingerprint density at radius 1 is 0.667 bits per heavy atom. The molecule has 4 aromatic heterocycles. The van der Waals surface area contributed by atoms with E-state index in [2.05, 4.69) is 86.2 Å². The van der Waals surface area contributed by atoms with E-state index in [1.165, 1.54) is 19.2 Å². The molecule has 0 saturated carbocycles. The molecule has 10 nitrogen and oxygen atoms in total. The Hall–Kier alpha value is -4.42. The number of carbonyl (C=O) groups is 2. The molecule has 0 spiro atoms. The van der Waals surface area contributed by atoms with E-state index >= 15 is 0 Å². The molecular weight excluding hydrogens is 717 g/mol. The van der Waals surface area contributed by atoms with Crippen LogP contribution in [0.2, 0.25) is 0 Å². The number of amides is 2. The third-order valence-corrected chi connectivity index (χ3v) is 12.5. The highest BCUT2D eigenvalue weighted by Crippen LogP contribution is 2.46. The highest BCUT2D eigenvalue weighted by atomic mass is 32.1. The molecule has 54 heavy (non-hydrogen) atoms. The number of carbonyl (C=O) groups excluding carboxylic acids is 2. The van der Waals surface area contributed by atoms with Gasteiger partial charge in [-0.15, -0.1) is 22.7 Å². The number of benzene rings is 2. The van der Waals surface area contributed by atoms with Crippen molar-refractivity contribution in [2.75, 3.05) is 13.1 Å². The first kappa shape index (κ1) is 36.6. The van der Waals surface area contributed by atoms with Gasteiger partial charge < -0.3 is 19.4 Å². The Labute approximate surface area is 324 Å². The van der Waals surface area contributed by atoms with Gasteiger partial charge in [-0.1, -0.05) is 39.8 Å². The number of ether oxygens (including phenoxy) is 2. The summed E-state index contributed by atoms with van der Waals surface area (Å²) in [6.45, 7) is 21.4. The average Bonchev–Trinajstić information content (AvgIpc) is 3.88. The van der Waals surface area contributed by atoms with Crippen molar-refractivity contribution in [1.82, 2.24) is 29.7 Å². The molecule has 2 aromatic carbocycles. The van der Waals surface area contributed by atoms with Gasteiger partial charge in [0.25, 0.3) is 0 Å². The summed E-state index contributed by atoms with van der Waals surface area (Å²) in [5.41, 5.74) is 4.72. The minimum atomic E-state index is -0.565. The predicted molar refractivity (Wildman–Crippen MR) is 218 cm³/mol. The summed E-state index contributed by atoms with van der Waals surface area (Å²) in [6.07, 6.45) is 1.02. The van der Waals surface area contributed by atoms with E-state index in [1.54, 1.807) is 22.7 Å². The van der Waals surface area contributed by atoms with Crippen LogP contribution < -0.4 is 0 Å². The Balaban J connectivity index is 1.02. The average molecular weight is 767 g/mol. The standard InChI is InChI=1S/C42H50N6O4S2/c1-39(2,3)51-37(49)47-21-41(7,8)19-29(47)35-43-25-13-11-23(15-27(25)45-35)31-17-33-34(53-31)18-32(54-33)24-12-14-26-28(16-24)46-36(44-26)30-20-42(9,10)22-48(30)38(50)52-40(4,5)6/h11-18,29-30H,19-22H2,1-10H3,(H,43,45)(H,44,46)/t29-,30-/m0/s1. The Kier molecular flexibility index (Phi) is 8.50. The van der Waals surface area contributed by atoms with Crippen molar-refractivity contribution in [2.24, 2.45) is 10.8 Å². The van der Waals surface area contributed by atoms with E-state index in [4.69, 9.17) is 19.4 Å². The van der Waals surface area contributed by atoms with Gasteiger partial charge in [-0.2, -0.15) is 0 Å². The molecule has 0 bridgehead atoms. The number of H-pyrrole nitrogens is 2. The van der Waals surface area contributed by atoms with Crippen molar-refractivity contribution < 1.29 is 19.1 Å². The van der Waals surface area contributed by atoms with Crippen LogP contribution in [-0.4, -0.2) is 66.2 Å². The van der Waals surface area contributed by atoms with E-state index in [9.17, 15) is 9.59 Å². The monoisotopic (exact) mass is 766 g/mol. The van der Waals surface area contributed by atoms with Crippen molar-refractivity contribution in [3.05, 3.63) is 60.2 Å². The molecular formula is C42H50N6O4S2. The Morgan fingerprint density at radius 2 is 1.06 bits per heavy atom. The summed E-state index contributed by atoms with van der Waals surface area (Å²) < 4.78 is 14.0. The summed E-state index contributed by atoms with van der Waals surface area (Å²) >= 11 is 3.57. The summed E-state index contributed by atoms with van der Waals surface area (Å²) in [5, 5.41) is 0. The number of likely N-dealkylation sites (tertiary alicyclic amines) is 2. The van der Waals surface area contributed by atoms with Crippen molar-refractivity contribution in [3.8, 4) is 20.9 Å². The number of hydrogen-bond donors (Lipinski definition) is 2. The molecule has 12 heteroatoms. The zero-order chi connectivity index (χ0) is 38.5. The largest absolute Gasteiger partial charge is 0.444 e. The highest BCUT2D eigenvalue weighted by molar-refractivity contribution is 7.31. The van der Waals surface area contributed by atoms with Gasteiger partial charge >= 0.3 is 12.2 Å². The topological polar surface area (TPSA) is 116 Å². The number of nitrogens with zero attached hydrogens (tertiary/aromatic N) is 4. The maximum atomic E-state index is 13.2. The van der Waals surface area contributed by atoms with Crippen LogP contribution in [0.4, 0.5) is 9.59 Å². The van der Waals surface area contributed by atoms with Crippen LogP contribution in [0.3, 0.4) is 0 Å². The third-order valence-electron chi connectivity index (χ3n) is 10.1. The number of thiophene rings is 2. The van der Waals surface area contributed by atoms with Crippen LogP contribution in [0.15, 0.2) is 48.5 Å². The summed E-state index contributed by atoms with van der Waals surface area (Å²) in [4.78, 5) is 49.5. The molecule has 2 fully saturated rings. The molecule has 0 unspecified atom stereocenters. The molecule has 6 heterocycles. The van der Waals surface area contributed by atoms with E-state index in [0.29, 0.717) is 13.1 Å². The lowest BCUT2D eigenvalue weighted by Crippen LogP contribution is -2.37. The Morgan fingerprint density at radius 3 is 1.43 bits per heavy atom. The lowest BCUT2D eigenvalue weighted by Gasteiger charge is -2.28. The molecule has 2 atom stereocenters. The first-order chi connectivity index (χ1) is 25.2. The highest BCUT2D eigenvalue weighted by Gasteiger charge is 2.45. The predicted octanol–water partition coefficient (Wildman–Crippen LogP) is 11.5. The van der Waals surface area contributed by atoms with Gasteiger partial charge in [-0.25, -0.2) is 19.6 Å². The van der Waals surface area contributed by atoms with Crippen LogP contribution in [0, 0.1) is 10.8 Å². The van der Waals surface area contributed by atoms with Gasteiger partial charge in [-0.05, 0) is 113 Å². The third kappa shape index (κ3) is 7.22. The van der Waals surface area contributed by atoms with Gasteiger partial charge in [0.15, 0.2) is 0 Å². The van der Waals surface area contributed by atoms with Crippen LogP contribution >= 0.6 is 22.7 Å². The molecule has 2 aliphatic heterocycles.